The summed E-state index contributed by atoms with van der Waals surface area (Å²) in [7, 11) is 0. The van der Waals surface area contributed by atoms with Gasteiger partial charge in [0, 0.05) is 11.5 Å². The highest BCUT2D eigenvalue weighted by Gasteiger charge is 2.21. The van der Waals surface area contributed by atoms with E-state index in [4.69, 9.17) is 13.9 Å². The van der Waals surface area contributed by atoms with Crippen LogP contribution < -0.4 is 4.74 Å². The first-order chi connectivity index (χ1) is 12.1. The third-order valence-electron chi connectivity index (χ3n) is 3.80. The van der Waals surface area contributed by atoms with Crippen molar-refractivity contribution in [2.45, 2.75) is 20.5 Å². The Labute approximate surface area is 145 Å². The molecule has 5 nitrogen and oxygen atoms in total. The number of hydrogen-bond donors (Lipinski definition) is 0. The quantitative estimate of drug-likeness (QED) is 0.647. The average Bonchev–Trinajstić information content (AvgIpc) is 2.94. The van der Waals surface area contributed by atoms with Crippen LogP contribution in [-0.2, 0) is 11.3 Å². The van der Waals surface area contributed by atoms with Crippen molar-refractivity contribution in [2.75, 3.05) is 6.61 Å². The van der Waals surface area contributed by atoms with E-state index < -0.39 is 5.97 Å². The third-order valence-corrected chi connectivity index (χ3v) is 3.80. The van der Waals surface area contributed by atoms with Gasteiger partial charge in [0.15, 0.2) is 0 Å². The molecule has 0 saturated carbocycles. The number of furan rings is 1. The predicted octanol–water partition coefficient (Wildman–Crippen LogP) is 4.37. The number of hydrogen-bond acceptors (Lipinski definition) is 5. The van der Waals surface area contributed by atoms with E-state index >= 15 is 0 Å². The number of carbonyl (C=O) groups excluding carboxylic acids is 1. The summed E-state index contributed by atoms with van der Waals surface area (Å²) in [6, 6.07) is 15.0. The number of ether oxygens (including phenoxy) is 2. The molecule has 0 aliphatic heterocycles. The fourth-order valence-corrected chi connectivity index (χ4v) is 2.64. The van der Waals surface area contributed by atoms with Gasteiger partial charge in [0.1, 0.15) is 35.3 Å². The van der Waals surface area contributed by atoms with Crippen LogP contribution in [0.5, 0.6) is 5.75 Å². The molecule has 126 valence electrons. The first-order valence-electron chi connectivity index (χ1n) is 7.95. The molecule has 2 aromatic carbocycles. The largest absolute Gasteiger partial charge is 0.487 e. The Kier molecular flexibility index (Phi) is 4.71. The van der Waals surface area contributed by atoms with Crippen molar-refractivity contribution in [1.29, 1.82) is 5.26 Å². The van der Waals surface area contributed by atoms with Gasteiger partial charge < -0.3 is 13.9 Å². The number of esters is 1. The molecule has 0 spiro atoms. The van der Waals surface area contributed by atoms with Crippen LogP contribution in [0.25, 0.3) is 11.0 Å². The van der Waals surface area contributed by atoms with Crippen molar-refractivity contribution in [3.8, 4) is 11.8 Å². The van der Waals surface area contributed by atoms with Crippen LogP contribution >= 0.6 is 0 Å². The van der Waals surface area contributed by atoms with Crippen LogP contribution in [0.4, 0.5) is 0 Å². The summed E-state index contributed by atoms with van der Waals surface area (Å²) < 4.78 is 16.5. The van der Waals surface area contributed by atoms with Crippen LogP contribution in [0, 0.1) is 18.3 Å². The van der Waals surface area contributed by atoms with Gasteiger partial charge >= 0.3 is 5.97 Å². The molecule has 0 aliphatic carbocycles. The van der Waals surface area contributed by atoms with Crippen molar-refractivity contribution in [1.82, 2.24) is 0 Å². The number of aryl methyl sites for hydroxylation is 1. The maximum absolute atomic E-state index is 12.2. The van der Waals surface area contributed by atoms with E-state index in [2.05, 4.69) is 6.07 Å². The summed E-state index contributed by atoms with van der Waals surface area (Å²) in [5, 5.41) is 9.96. The molecule has 3 aromatic rings. The van der Waals surface area contributed by atoms with E-state index in [1.807, 2.05) is 30.3 Å². The zero-order valence-corrected chi connectivity index (χ0v) is 14.0. The number of benzene rings is 2. The van der Waals surface area contributed by atoms with Gasteiger partial charge in [-0.3, -0.25) is 0 Å². The minimum Gasteiger partial charge on any atom is -0.487 e. The second-order valence-electron chi connectivity index (χ2n) is 5.48. The van der Waals surface area contributed by atoms with E-state index in [-0.39, 0.29) is 6.61 Å². The molecule has 0 fully saturated rings. The van der Waals surface area contributed by atoms with E-state index in [1.54, 1.807) is 26.0 Å². The summed E-state index contributed by atoms with van der Waals surface area (Å²) in [6.07, 6.45) is 0. The fourth-order valence-electron chi connectivity index (χ4n) is 2.64. The lowest BCUT2D eigenvalue weighted by atomic mass is 10.1. The molecule has 5 heteroatoms. The molecule has 0 unspecified atom stereocenters. The Balaban J connectivity index is 2.01. The van der Waals surface area contributed by atoms with E-state index in [1.165, 1.54) is 0 Å². The molecule has 0 N–H and O–H groups in total. The number of nitriles is 1. The van der Waals surface area contributed by atoms with Gasteiger partial charge in [-0.05, 0) is 25.5 Å². The van der Waals surface area contributed by atoms with Crippen molar-refractivity contribution in [3.05, 3.63) is 64.9 Å². The summed E-state index contributed by atoms with van der Waals surface area (Å²) in [4.78, 5) is 12.2. The highest BCUT2D eigenvalue weighted by atomic mass is 16.5. The monoisotopic (exact) mass is 335 g/mol. The first-order valence-corrected chi connectivity index (χ1v) is 7.95. The lowest BCUT2D eigenvalue weighted by Gasteiger charge is -2.08. The minimum absolute atomic E-state index is 0.276. The maximum Gasteiger partial charge on any atom is 0.342 e. The molecule has 0 aliphatic rings. The topological polar surface area (TPSA) is 72.5 Å². The Bertz CT molecular complexity index is 951. The van der Waals surface area contributed by atoms with Crippen LogP contribution in [0.1, 0.15) is 34.2 Å². The highest BCUT2D eigenvalue weighted by molar-refractivity contribution is 6.05. The smallest absolute Gasteiger partial charge is 0.342 e. The van der Waals surface area contributed by atoms with Crippen LogP contribution in [-0.4, -0.2) is 12.6 Å². The average molecular weight is 335 g/mol. The van der Waals surface area contributed by atoms with Crippen LogP contribution in [0.3, 0.4) is 0 Å². The lowest BCUT2D eigenvalue weighted by molar-refractivity contribution is 0.0526. The van der Waals surface area contributed by atoms with Gasteiger partial charge in [0.25, 0.3) is 0 Å². The third kappa shape index (κ3) is 3.33. The van der Waals surface area contributed by atoms with Gasteiger partial charge in [-0.1, -0.05) is 30.3 Å². The standard InChI is InChI=1S/C20H17NO4/c1-3-23-20(22)19-13(2)25-18-9-15(11-21)17(10-16(18)19)24-12-14-7-5-4-6-8-14/h4-10H,3,12H2,1-2H3. The Morgan fingerprint density at radius 1 is 1.24 bits per heavy atom. The Hall–Kier alpha value is -3.26. The van der Waals surface area contributed by atoms with Gasteiger partial charge in [-0.25, -0.2) is 4.79 Å². The minimum atomic E-state index is -0.447. The molecule has 0 radical (unpaired) electrons. The SMILES string of the molecule is CCOC(=O)c1c(C)oc2cc(C#N)c(OCc3ccccc3)cc12. The van der Waals surface area contributed by atoms with Crippen LogP contribution in [0.2, 0.25) is 0 Å². The molecule has 3 rings (SSSR count). The second-order valence-corrected chi connectivity index (χ2v) is 5.48. The van der Waals surface area contributed by atoms with E-state index in [9.17, 15) is 10.1 Å². The summed E-state index contributed by atoms with van der Waals surface area (Å²) in [5.41, 5.74) is 2.17. The fraction of sp³-hybridized carbons (Fsp3) is 0.200. The van der Waals surface area contributed by atoms with Gasteiger partial charge in [0.05, 0.1) is 12.2 Å². The molecular formula is C20H17NO4. The molecule has 25 heavy (non-hydrogen) atoms. The number of rotatable bonds is 5. The van der Waals surface area contributed by atoms with Crippen molar-refractivity contribution in [3.63, 3.8) is 0 Å². The second kappa shape index (κ2) is 7.10. The highest BCUT2D eigenvalue weighted by Crippen LogP contribution is 2.32. The normalized spacial score (nSPS) is 10.4. The summed E-state index contributed by atoms with van der Waals surface area (Å²) >= 11 is 0. The van der Waals surface area contributed by atoms with E-state index in [0.29, 0.717) is 40.2 Å². The summed E-state index contributed by atoms with van der Waals surface area (Å²) in [5.74, 6) is 0.417. The number of carbonyl (C=O) groups is 1. The molecular weight excluding hydrogens is 318 g/mol. The van der Waals surface area contributed by atoms with Crippen molar-refractivity contribution in [2.24, 2.45) is 0 Å². The molecule has 1 heterocycles. The molecule has 0 saturated heterocycles. The predicted molar refractivity (Wildman–Crippen MR) is 92.4 cm³/mol. The molecule has 0 atom stereocenters. The van der Waals surface area contributed by atoms with Gasteiger partial charge in [-0.2, -0.15) is 5.26 Å². The van der Waals surface area contributed by atoms with Gasteiger partial charge in [-0.15, -0.1) is 0 Å². The first kappa shape index (κ1) is 16.6. The lowest BCUT2D eigenvalue weighted by Crippen LogP contribution is -2.05. The number of fused-ring (bicyclic) bond motifs is 1. The van der Waals surface area contributed by atoms with Crippen LogP contribution in [0.15, 0.2) is 46.9 Å². The zero-order chi connectivity index (χ0) is 17.8. The van der Waals surface area contributed by atoms with Crippen molar-refractivity contribution >= 4 is 16.9 Å². The van der Waals surface area contributed by atoms with E-state index in [0.717, 1.165) is 5.56 Å². The summed E-state index contributed by atoms with van der Waals surface area (Å²) in [6.45, 7) is 4.05. The Morgan fingerprint density at radius 2 is 2.00 bits per heavy atom. The molecule has 1 aromatic heterocycles. The van der Waals surface area contributed by atoms with Crippen molar-refractivity contribution < 1.29 is 18.7 Å². The maximum atomic E-state index is 12.2. The Morgan fingerprint density at radius 3 is 2.68 bits per heavy atom. The number of nitrogens with zero attached hydrogens (tertiary/aromatic N) is 1. The van der Waals surface area contributed by atoms with Gasteiger partial charge in [0.2, 0.25) is 0 Å². The molecule has 0 bridgehead atoms. The molecule has 0 amide bonds. The zero-order valence-electron chi connectivity index (χ0n) is 14.0.